The molecule has 1 rings (SSSR count). The summed E-state index contributed by atoms with van der Waals surface area (Å²) in [4.78, 5) is 27.7. The summed E-state index contributed by atoms with van der Waals surface area (Å²) in [5.41, 5.74) is 5.18. The van der Waals surface area contributed by atoms with Crippen molar-refractivity contribution in [1.29, 1.82) is 0 Å². The van der Waals surface area contributed by atoms with Crippen LogP contribution in [0, 0.1) is 0 Å². The second-order valence-corrected chi connectivity index (χ2v) is 4.22. The van der Waals surface area contributed by atoms with Gasteiger partial charge >= 0.3 is 5.69 Å². The predicted molar refractivity (Wildman–Crippen MR) is 77.7 cm³/mol. The van der Waals surface area contributed by atoms with Crippen molar-refractivity contribution in [2.45, 2.75) is 27.3 Å². The SMILES string of the molecule is CCN(CC)CCNc1c(N)n(CC)c(=O)[nH]c1=O. The zero-order chi connectivity index (χ0) is 14.4. The molecule has 0 aliphatic heterocycles. The van der Waals surface area contributed by atoms with Crippen molar-refractivity contribution in [2.75, 3.05) is 37.2 Å². The predicted octanol–water partition coefficient (Wildman–Crippen LogP) is -0.108. The highest BCUT2D eigenvalue weighted by atomic mass is 16.2. The maximum atomic E-state index is 11.7. The molecule has 0 saturated carbocycles. The lowest BCUT2D eigenvalue weighted by molar-refractivity contribution is 0.316. The maximum Gasteiger partial charge on any atom is 0.330 e. The molecule has 7 nitrogen and oxygen atoms in total. The lowest BCUT2D eigenvalue weighted by Gasteiger charge is -2.19. The van der Waals surface area contributed by atoms with Crippen LogP contribution in [0.5, 0.6) is 0 Å². The molecule has 0 aliphatic carbocycles. The molecule has 0 radical (unpaired) electrons. The minimum absolute atomic E-state index is 0.191. The van der Waals surface area contributed by atoms with Crippen molar-refractivity contribution in [2.24, 2.45) is 0 Å². The Kier molecular flexibility index (Phi) is 5.62. The van der Waals surface area contributed by atoms with Gasteiger partial charge in [0.15, 0.2) is 0 Å². The number of likely N-dealkylation sites (N-methyl/N-ethyl adjacent to an activating group) is 1. The summed E-state index contributed by atoms with van der Waals surface area (Å²) in [5.74, 6) is 0.191. The van der Waals surface area contributed by atoms with E-state index in [1.807, 2.05) is 0 Å². The molecule has 108 valence electrons. The van der Waals surface area contributed by atoms with Crippen LogP contribution in [0.1, 0.15) is 20.8 Å². The van der Waals surface area contributed by atoms with E-state index >= 15 is 0 Å². The van der Waals surface area contributed by atoms with Crippen molar-refractivity contribution < 1.29 is 0 Å². The largest absolute Gasteiger partial charge is 0.383 e. The number of rotatable bonds is 7. The fraction of sp³-hybridized carbons (Fsp3) is 0.667. The smallest absolute Gasteiger partial charge is 0.330 e. The molecule has 0 aliphatic rings. The maximum absolute atomic E-state index is 11.7. The van der Waals surface area contributed by atoms with Crippen molar-refractivity contribution in [3.63, 3.8) is 0 Å². The van der Waals surface area contributed by atoms with Crippen molar-refractivity contribution in [3.8, 4) is 0 Å². The molecule has 0 atom stereocenters. The third-order valence-electron chi connectivity index (χ3n) is 3.18. The molecule has 0 saturated heterocycles. The summed E-state index contributed by atoms with van der Waals surface area (Å²) >= 11 is 0. The van der Waals surface area contributed by atoms with Gasteiger partial charge < -0.3 is 16.0 Å². The number of nitrogen functional groups attached to an aromatic ring is 1. The van der Waals surface area contributed by atoms with Crippen molar-refractivity contribution in [3.05, 3.63) is 20.8 Å². The topological polar surface area (TPSA) is 96.2 Å². The Morgan fingerprint density at radius 2 is 1.89 bits per heavy atom. The lowest BCUT2D eigenvalue weighted by atomic mass is 10.4. The Bertz CT molecular complexity index is 516. The highest BCUT2D eigenvalue weighted by molar-refractivity contribution is 5.60. The van der Waals surface area contributed by atoms with Gasteiger partial charge in [0.1, 0.15) is 11.5 Å². The van der Waals surface area contributed by atoms with Crippen LogP contribution in [0.25, 0.3) is 0 Å². The first-order valence-electron chi connectivity index (χ1n) is 6.63. The molecule has 0 spiro atoms. The number of hydrogen-bond acceptors (Lipinski definition) is 5. The van der Waals surface area contributed by atoms with Gasteiger partial charge in [0.25, 0.3) is 5.56 Å². The van der Waals surface area contributed by atoms with Gasteiger partial charge in [-0.2, -0.15) is 0 Å². The van der Waals surface area contributed by atoms with Crippen LogP contribution in [0.2, 0.25) is 0 Å². The fourth-order valence-corrected chi connectivity index (χ4v) is 1.95. The van der Waals surface area contributed by atoms with Gasteiger partial charge in [-0.1, -0.05) is 13.8 Å². The van der Waals surface area contributed by atoms with Crippen LogP contribution in [-0.4, -0.2) is 40.6 Å². The molecule has 0 fully saturated rings. The van der Waals surface area contributed by atoms with Gasteiger partial charge in [0.05, 0.1) is 0 Å². The highest BCUT2D eigenvalue weighted by Crippen LogP contribution is 2.09. The van der Waals surface area contributed by atoms with Gasteiger partial charge in [-0.15, -0.1) is 0 Å². The van der Waals surface area contributed by atoms with E-state index in [1.165, 1.54) is 4.57 Å². The van der Waals surface area contributed by atoms with Gasteiger partial charge in [-0.3, -0.25) is 14.3 Å². The molecule has 4 N–H and O–H groups in total. The highest BCUT2D eigenvalue weighted by Gasteiger charge is 2.10. The fourth-order valence-electron chi connectivity index (χ4n) is 1.95. The number of aromatic nitrogens is 2. The van der Waals surface area contributed by atoms with E-state index in [2.05, 4.69) is 29.0 Å². The van der Waals surface area contributed by atoms with Gasteiger partial charge in [0, 0.05) is 19.6 Å². The van der Waals surface area contributed by atoms with E-state index in [0.717, 1.165) is 19.6 Å². The average Bonchev–Trinajstić information content (AvgIpc) is 2.38. The zero-order valence-electron chi connectivity index (χ0n) is 11.8. The summed E-state index contributed by atoms with van der Waals surface area (Å²) in [5, 5.41) is 3.01. The Labute approximate surface area is 112 Å². The molecule has 19 heavy (non-hydrogen) atoms. The van der Waals surface area contributed by atoms with E-state index < -0.39 is 11.2 Å². The second-order valence-electron chi connectivity index (χ2n) is 4.22. The first-order chi connectivity index (χ1) is 9.04. The Morgan fingerprint density at radius 3 is 2.42 bits per heavy atom. The Balaban J connectivity index is 2.84. The molecule has 1 aromatic heterocycles. The van der Waals surface area contributed by atoms with Crippen molar-refractivity contribution in [1.82, 2.24) is 14.5 Å². The minimum Gasteiger partial charge on any atom is -0.383 e. The minimum atomic E-state index is -0.473. The standard InChI is InChI=1S/C12H23N5O2/c1-4-16(5-2)8-7-14-9-10(13)17(6-3)12(19)15-11(9)18/h14H,4-8,13H2,1-3H3,(H,15,18,19). The number of H-pyrrole nitrogens is 1. The van der Waals surface area contributed by atoms with Crippen LogP contribution in [0.15, 0.2) is 9.59 Å². The monoisotopic (exact) mass is 269 g/mol. The van der Waals surface area contributed by atoms with Gasteiger partial charge in [0.2, 0.25) is 0 Å². The summed E-state index contributed by atoms with van der Waals surface area (Å²) < 4.78 is 1.33. The van der Waals surface area contributed by atoms with Crippen LogP contribution in [0.3, 0.4) is 0 Å². The van der Waals surface area contributed by atoms with Crippen LogP contribution in [0.4, 0.5) is 11.5 Å². The molecular formula is C12H23N5O2. The summed E-state index contributed by atoms with van der Waals surface area (Å²) in [6.45, 7) is 9.73. The molecule has 0 bridgehead atoms. The third-order valence-corrected chi connectivity index (χ3v) is 3.18. The van der Waals surface area contributed by atoms with E-state index in [9.17, 15) is 9.59 Å². The van der Waals surface area contributed by atoms with E-state index in [1.54, 1.807) is 6.92 Å². The number of anilines is 2. The Hall–Kier alpha value is -1.76. The van der Waals surface area contributed by atoms with E-state index in [-0.39, 0.29) is 11.5 Å². The van der Waals surface area contributed by atoms with Gasteiger partial charge in [-0.05, 0) is 20.0 Å². The summed E-state index contributed by atoms with van der Waals surface area (Å²) in [6.07, 6.45) is 0. The number of nitrogens with two attached hydrogens (primary N) is 1. The molecule has 1 aromatic rings. The van der Waals surface area contributed by atoms with Gasteiger partial charge in [-0.25, -0.2) is 4.79 Å². The molecule has 0 amide bonds. The molecule has 0 aromatic carbocycles. The molecule has 7 heteroatoms. The number of aromatic amines is 1. The lowest BCUT2D eigenvalue weighted by Crippen LogP contribution is -2.35. The number of nitrogens with zero attached hydrogens (tertiary/aromatic N) is 2. The van der Waals surface area contributed by atoms with Crippen molar-refractivity contribution >= 4 is 11.5 Å². The first-order valence-corrected chi connectivity index (χ1v) is 6.63. The Morgan fingerprint density at radius 1 is 1.26 bits per heavy atom. The van der Waals surface area contributed by atoms with E-state index in [4.69, 9.17) is 5.73 Å². The normalized spacial score (nSPS) is 10.9. The first kappa shape index (κ1) is 15.3. The zero-order valence-corrected chi connectivity index (χ0v) is 11.8. The van der Waals surface area contributed by atoms with Crippen LogP contribution >= 0.6 is 0 Å². The van der Waals surface area contributed by atoms with Crippen LogP contribution < -0.4 is 22.3 Å². The second kappa shape index (κ2) is 6.98. The quantitative estimate of drug-likeness (QED) is 0.642. The van der Waals surface area contributed by atoms with Crippen LogP contribution in [-0.2, 0) is 6.54 Å². The molecular weight excluding hydrogens is 246 g/mol. The summed E-state index contributed by atoms with van der Waals surface area (Å²) in [7, 11) is 0. The average molecular weight is 269 g/mol. The van der Waals surface area contributed by atoms with E-state index in [0.29, 0.717) is 13.1 Å². The number of nitrogens with one attached hydrogen (secondary N) is 2. The molecule has 1 heterocycles. The third kappa shape index (κ3) is 3.60. The number of hydrogen-bond donors (Lipinski definition) is 3. The summed E-state index contributed by atoms with van der Waals surface area (Å²) in [6, 6.07) is 0. The molecule has 0 unspecified atom stereocenters.